The largest absolute Gasteiger partial charge is 0.388 e. The van der Waals surface area contributed by atoms with Crippen molar-refractivity contribution in [3.63, 3.8) is 0 Å². The molecule has 102 valence electrons. The van der Waals surface area contributed by atoms with Crippen molar-refractivity contribution in [2.45, 2.75) is 44.3 Å². The number of aromatic nitrogens is 2. The van der Waals surface area contributed by atoms with E-state index in [-0.39, 0.29) is 23.3 Å². The van der Waals surface area contributed by atoms with Gasteiger partial charge >= 0.3 is 0 Å². The first-order chi connectivity index (χ1) is 8.39. The van der Waals surface area contributed by atoms with E-state index in [9.17, 15) is 8.42 Å². The molecule has 4 N–H and O–H groups in total. The number of hydrogen-bond donors (Lipinski definition) is 3. The Kier molecular flexibility index (Phi) is 4.85. The summed E-state index contributed by atoms with van der Waals surface area (Å²) in [7, 11) is -3.64. The molecule has 1 aromatic heterocycles. The fourth-order valence-corrected chi connectivity index (χ4v) is 2.74. The van der Waals surface area contributed by atoms with E-state index in [0.717, 1.165) is 0 Å². The fourth-order valence-electron chi connectivity index (χ4n) is 1.47. The molecule has 0 aliphatic carbocycles. The van der Waals surface area contributed by atoms with Crippen LogP contribution in [0.4, 0.5) is 0 Å². The molecule has 1 rings (SSSR count). The summed E-state index contributed by atoms with van der Waals surface area (Å²) >= 11 is 0. The number of sulfonamides is 1. The second-order valence-corrected chi connectivity index (χ2v) is 5.66. The molecule has 0 saturated carbocycles. The Morgan fingerprint density at radius 3 is 2.72 bits per heavy atom. The van der Waals surface area contributed by atoms with Crippen LogP contribution >= 0.6 is 0 Å². The Hall–Kier alpha value is -1.41. The number of amidine groups is 1. The minimum absolute atomic E-state index is 0.00801. The Bertz CT molecular complexity index is 508. The van der Waals surface area contributed by atoms with Crippen molar-refractivity contribution in [1.82, 2.24) is 14.3 Å². The fraction of sp³-hybridized carbons (Fsp3) is 0.600. The van der Waals surface area contributed by atoms with Crippen molar-refractivity contribution in [2.75, 3.05) is 0 Å². The highest BCUT2D eigenvalue weighted by Gasteiger charge is 2.21. The summed E-state index contributed by atoms with van der Waals surface area (Å²) in [6.07, 6.45) is 3.71. The van der Waals surface area contributed by atoms with Gasteiger partial charge in [-0.2, -0.15) is 0 Å². The van der Waals surface area contributed by atoms with Crippen LogP contribution in [0.15, 0.2) is 17.6 Å². The van der Waals surface area contributed by atoms with Crippen molar-refractivity contribution in [1.29, 1.82) is 5.41 Å². The third kappa shape index (κ3) is 3.81. The number of rotatable bonds is 7. The van der Waals surface area contributed by atoms with Crippen molar-refractivity contribution in [2.24, 2.45) is 5.73 Å². The molecule has 0 fully saturated rings. The third-order valence-corrected chi connectivity index (χ3v) is 3.94. The Balaban J connectivity index is 2.83. The smallest absolute Gasteiger partial charge is 0.259 e. The van der Waals surface area contributed by atoms with Gasteiger partial charge in [0, 0.05) is 25.2 Å². The van der Waals surface area contributed by atoms with Gasteiger partial charge in [-0.05, 0) is 13.3 Å². The third-order valence-electron chi connectivity index (χ3n) is 2.53. The average Bonchev–Trinajstić information content (AvgIpc) is 2.76. The van der Waals surface area contributed by atoms with Gasteiger partial charge in [-0.15, -0.1) is 0 Å². The first-order valence-corrected chi connectivity index (χ1v) is 7.24. The predicted molar refractivity (Wildman–Crippen MR) is 68.8 cm³/mol. The van der Waals surface area contributed by atoms with E-state index >= 15 is 0 Å². The molecule has 0 aliphatic rings. The average molecular weight is 273 g/mol. The lowest BCUT2D eigenvalue weighted by Crippen LogP contribution is -2.37. The molecule has 1 unspecified atom stereocenters. The molecule has 1 heterocycles. The van der Waals surface area contributed by atoms with E-state index in [0.29, 0.717) is 13.0 Å². The molecule has 0 spiro atoms. The van der Waals surface area contributed by atoms with Crippen molar-refractivity contribution in [3.05, 3.63) is 12.5 Å². The molecular weight excluding hydrogens is 254 g/mol. The highest BCUT2D eigenvalue weighted by atomic mass is 32.2. The van der Waals surface area contributed by atoms with Gasteiger partial charge in [0.2, 0.25) is 0 Å². The minimum Gasteiger partial charge on any atom is -0.388 e. The molecule has 0 aliphatic heterocycles. The van der Waals surface area contributed by atoms with Crippen LogP contribution in [-0.4, -0.2) is 29.8 Å². The normalized spacial score (nSPS) is 13.4. The maximum Gasteiger partial charge on any atom is 0.259 e. The quantitative estimate of drug-likeness (QED) is 0.489. The monoisotopic (exact) mass is 273 g/mol. The summed E-state index contributed by atoms with van der Waals surface area (Å²) in [5.41, 5.74) is 5.28. The summed E-state index contributed by atoms with van der Waals surface area (Å²) in [6.45, 7) is 4.39. The van der Waals surface area contributed by atoms with Crippen molar-refractivity contribution in [3.8, 4) is 0 Å². The molecule has 0 aromatic carbocycles. The second-order valence-electron chi connectivity index (χ2n) is 4.00. The van der Waals surface area contributed by atoms with Crippen LogP contribution in [-0.2, 0) is 16.6 Å². The highest BCUT2D eigenvalue weighted by Crippen LogP contribution is 2.08. The number of nitrogens with one attached hydrogen (secondary N) is 2. The van der Waals surface area contributed by atoms with E-state index in [1.54, 1.807) is 4.57 Å². The maximum absolute atomic E-state index is 12.0. The summed E-state index contributed by atoms with van der Waals surface area (Å²) in [5.74, 6) is -0.0383. The van der Waals surface area contributed by atoms with Gasteiger partial charge in [-0.1, -0.05) is 6.92 Å². The number of aryl methyl sites for hydroxylation is 1. The van der Waals surface area contributed by atoms with Crippen molar-refractivity contribution < 1.29 is 8.42 Å². The lowest BCUT2D eigenvalue weighted by Gasteiger charge is -2.15. The van der Waals surface area contributed by atoms with Crippen LogP contribution in [0.3, 0.4) is 0 Å². The van der Waals surface area contributed by atoms with E-state index < -0.39 is 10.0 Å². The lowest BCUT2D eigenvalue weighted by atomic mass is 10.1. The van der Waals surface area contributed by atoms with E-state index in [4.69, 9.17) is 11.1 Å². The molecule has 7 nitrogen and oxygen atoms in total. The Morgan fingerprint density at radius 2 is 2.28 bits per heavy atom. The van der Waals surface area contributed by atoms with Gasteiger partial charge in [0.15, 0.2) is 5.03 Å². The maximum atomic E-state index is 12.0. The zero-order valence-electron chi connectivity index (χ0n) is 10.5. The minimum atomic E-state index is -3.64. The zero-order valence-corrected chi connectivity index (χ0v) is 11.4. The molecule has 8 heteroatoms. The van der Waals surface area contributed by atoms with Gasteiger partial charge in [-0.25, -0.2) is 18.1 Å². The SMILES string of the molecule is CCC(CC(=N)N)NS(=O)(=O)c1cn(CC)cn1. The molecule has 1 atom stereocenters. The first-order valence-electron chi connectivity index (χ1n) is 5.76. The Labute approximate surface area is 107 Å². The molecule has 18 heavy (non-hydrogen) atoms. The van der Waals surface area contributed by atoms with Crippen LogP contribution in [0.1, 0.15) is 26.7 Å². The molecule has 0 saturated heterocycles. The number of nitrogens with two attached hydrogens (primary N) is 1. The number of hydrogen-bond acceptors (Lipinski definition) is 4. The van der Waals surface area contributed by atoms with Gasteiger partial charge in [0.05, 0.1) is 12.2 Å². The van der Waals surface area contributed by atoms with Crippen LogP contribution < -0.4 is 10.5 Å². The summed E-state index contributed by atoms with van der Waals surface area (Å²) < 4.78 is 28.2. The van der Waals surface area contributed by atoms with Crippen LogP contribution in [0.25, 0.3) is 0 Å². The number of imidazole rings is 1. The van der Waals surface area contributed by atoms with Crippen LogP contribution in [0.2, 0.25) is 0 Å². The second kappa shape index (κ2) is 5.96. The highest BCUT2D eigenvalue weighted by molar-refractivity contribution is 7.89. The Morgan fingerprint density at radius 1 is 1.61 bits per heavy atom. The molecule has 0 radical (unpaired) electrons. The molecule has 1 aromatic rings. The van der Waals surface area contributed by atoms with Gasteiger partial charge in [-0.3, -0.25) is 5.41 Å². The predicted octanol–water partition coefficient (Wildman–Crippen LogP) is 0.286. The van der Waals surface area contributed by atoms with Crippen LogP contribution in [0, 0.1) is 5.41 Å². The molecule has 0 bridgehead atoms. The lowest BCUT2D eigenvalue weighted by molar-refractivity contribution is 0.542. The van der Waals surface area contributed by atoms with E-state index in [1.165, 1.54) is 12.5 Å². The number of nitrogens with zero attached hydrogens (tertiary/aromatic N) is 2. The van der Waals surface area contributed by atoms with Gasteiger partial charge in [0.25, 0.3) is 10.0 Å². The summed E-state index contributed by atoms with van der Waals surface area (Å²) in [6, 6.07) is -0.376. The molecular formula is C10H19N5O2S. The summed E-state index contributed by atoms with van der Waals surface area (Å²) in [4.78, 5) is 3.85. The van der Waals surface area contributed by atoms with E-state index in [1.807, 2.05) is 13.8 Å². The standard InChI is InChI=1S/C10H19N5O2S/c1-3-8(5-9(11)12)14-18(16,17)10-6-15(4-2)7-13-10/h6-8,14H,3-5H2,1-2H3,(H3,11,12). The molecule has 0 amide bonds. The van der Waals surface area contributed by atoms with E-state index in [2.05, 4.69) is 9.71 Å². The summed E-state index contributed by atoms with van der Waals surface area (Å²) in [5, 5.41) is 7.19. The van der Waals surface area contributed by atoms with Crippen LogP contribution in [0.5, 0.6) is 0 Å². The van der Waals surface area contributed by atoms with Gasteiger partial charge in [0.1, 0.15) is 0 Å². The first kappa shape index (κ1) is 14.7. The topological polar surface area (TPSA) is 114 Å². The van der Waals surface area contributed by atoms with Crippen molar-refractivity contribution >= 4 is 15.9 Å². The zero-order chi connectivity index (χ0) is 13.8. The van der Waals surface area contributed by atoms with Gasteiger partial charge < -0.3 is 10.3 Å².